The van der Waals surface area contributed by atoms with Crippen molar-refractivity contribution in [2.24, 2.45) is 0 Å². The van der Waals surface area contributed by atoms with Crippen molar-refractivity contribution in [1.29, 1.82) is 0 Å². The number of aromatic nitrogens is 1. The van der Waals surface area contributed by atoms with E-state index in [1.165, 1.54) is 17.8 Å². The van der Waals surface area contributed by atoms with Gasteiger partial charge in [-0.1, -0.05) is 0 Å². The monoisotopic (exact) mass is 306 g/mol. The Hall–Kier alpha value is -0.790. The van der Waals surface area contributed by atoms with Gasteiger partial charge in [0.05, 0.1) is 16.7 Å². The zero-order valence-corrected chi connectivity index (χ0v) is 11.8. The van der Waals surface area contributed by atoms with E-state index in [4.69, 9.17) is 4.74 Å². The first-order valence-electron chi connectivity index (χ1n) is 6.54. The molecule has 2 heterocycles. The van der Waals surface area contributed by atoms with Crippen LogP contribution in [0.1, 0.15) is 18.4 Å². The molecule has 1 fully saturated rings. The van der Waals surface area contributed by atoms with Crippen molar-refractivity contribution < 1.29 is 17.9 Å². The molecule has 0 amide bonds. The number of alkyl halides is 3. The minimum Gasteiger partial charge on any atom is -0.377 e. The molecule has 112 valence electrons. The smallest absolute Gasteiger partial charge is 0.377 e. The van der Waals surface area contributed by atoms with Gasteiger partial charge < -0.3 is 10.1 Å². The second-order valence-corrected chi connectivity index (χ2v) is 5.69. The summed E-state index contributed by atoms with van der Waals surface area (Å²) in [5.41, 5.74) is -0.710. The van der Waals surface area contributed by atoms with Crippen molar-refractivity contribution in [2.75, 3.05) is 25.4 Å². The van der Waals surface area contributed by atoms with Crippen molar-refractivity contribution in [3.05, 3.63) is 23.9 Å². The molecule has 0 aromatic carbocycles. The quantitative estimate of drug-likeness (QED) is 0.647. The van der Waals surface area contributed by atoms with Gasteiger partial charge >= 0.3 is 6.18 Å². The summed E-state index contributed by atoms with van der Waals surface area (Å²) in [5, 5.41) is 3.89. The molecule has 1 unspecified atom stereocenters. The molecule has 1 aliphatic heterocycles. The van der Waals surface area contributed by atoms with Crippen LogP contribution in [0.5, 0.6) is 0 Å². The minimum absolute atomic E-state index is 0.309. The first-order valence-corrected chi connectivity index (χ1v) is 7.52. The zero-order valence-electron chi connectivity index (χ0n) is 10.9. The van der Waals surface area contributed by atoms with Gasteiger partial charge in [-0.2, -0.15) is 13.2 Å². The Morgan fingerprint density at radius 2 is 2.25 bits per heavy atom. The van der Waals surface area contributed by atoms with E-state index in [0.29, 0.717) is 11.1 Å². The average molecular weight is 306 g/mol. The van der Waals surface area contributed by atoms with Gasteiger partial charge in [0.25, 0.3) is 0 Å². The van der Waals surface area contributed by atoms with E-state index in [9.17, 15) is 13.2 Å². The van der Waals surface area contributed by atoms with Crippen LogP contribution < -0.4 is 5.32 Å². The van der Waals surface area contributed by atoms with E-state index in [1.54, 1.807) is 0 Å². The van der Waals surface area contributed by atoms with Gasteiger partial charge in [-0.25, -0.2) is 4.98 Å². The predicted molar refractivity (Wildman–Crippen MR) is 71.8 cm³/mol. The van der Waals surface area contributed by atoms with Crippen molar-refractivity contribution in [3.63, 3.8) is 0 Å². The summed E-state index contributed by atoms with van der Waals surface area (Å²) in [6.07, 6.45) is -0.914. The number of hydrogen-bond donors (Lipinski definition) is 1. The second-order valence-electron chi connectivity index (χ2n) is 4.57. The van der Waals surface area contributed by atoms with E-state index in [-0.39, 0.29) is 0 Å². The maximum absolute atomic E-state index is 12.4. The van der Waals surface area contributed by atoms with Gasteiger partial charge in [0.2, 0.25) is 0 Å². The third kappa shape index (κ3) is 4.96. The van der Waals surface area contributed by atoms with Crippen molar-refractivity contribution in [2.45, 2.75) is 30.1 Å². The molecule has 3 nitrogen and oxygen atoms in total. The van der Waals surface area contributed by atoms with Crippen LogP contribution in [0.3, 0.4) is 0 Å². The molecule has 20 heavy (non-hydrogen) atoms. The van der Waals surface area contributed by atoms with Gasteiger partial charge in [0, 0.05) is 31.6 Å². The van der Waals surface area contributed by atoms with Crippen LogP contribution in [-0.4, -0.2) is 36.5 Å². The molecule has 0 bridgehead atoms. The highest BCUT2D eigenvalue weighted by Crippen LogP contribution is 2.29. The molecule has 2 rings (SSSR count). The zero-order chi connectivity index (χ0) is 14.4. The molecule has 0 radical (unpaired) electrons. The maximum atomic E-state index is 12.4. The lowest BCUT2D eigenvalue weighted by atomic mass is 10.2. The lowest BCUT2D eigenvalue weighted by Crippen LogP contribution is -2.27. The van der Waals surface area contributed by atoms with Gasteiger partial charge in [-0.05, 0) is 25.0 Å². The molecule has 1 N–H and O–H groups in total. The van der Waals surface area contributed by atoms with E-state index in [1.807, 2.05) is 0 Å². The highest BCUT2D eigenvalue weighted by atomic mass is 32.2. The fraction of sp³-hybridized carbons (Fsp3) is 0.615. The number of thioether (sulfide) groups is 1. The molecular weight excluding hydrogens is 289 g/mol. The summed E-state index contributed by atoms with van der Waals surface area (Å²) < 4.78 is 42.5. The summed E-state index contributed by atoms with van der Waals surface area (Å²) in [6, 6.07) is 2.47. The van der Waals surface area contributed by atoms with Crippen molar-refractivity contribution in [3.8, 4) is 0 Å². The van der Waals surface area contributed by atoms with E-state index < -0.39 is 11.7 Å². The summed E-state index contributed by atoms with van der Waals surface area (Å²) >= 11 is 1.44. The SMILES string of the molecule is FC(F)(F)c1ccc(SCCNCC2CCCO2)nc1. The van der Waals surface area contributed by atoms with Gasteiger partial charge in [0.15, 0.2) is 0 Å². The summed E-state index contributed by atoms with van der Waals surface area (Å²) in [5.74, 6) is 0.769. The second kappa shape index (κ2) is 7.28. The van der Waals surface area contributed by atoms with Gasteiger partial charge in [-0.15, -0.1) is 11.8 Å². The summed E-state index contributed by atoms with van der Waals surface area (Å²) in [7, 11) is 0. The van der Waals surface area contributed by atoms with Crippen LogP contribution in [-0.2, 0) is 10.9 Å². The fourth-order valence-electron chi connectivity index (χ4n) is 1.93. The Balaban J connectivity index is 1.64. The van der Waals surface area contributed by atoms with Gasteiger partial charge in [-0.3, -0.25) is 0 Å². The lowest BCUT2D eigenvalue weighted by molar-refractivity contribution is -0.137. The molecule has 0 aliphatic carbocycles. The molecule has 1 aromatic heterocycles. The lowest BCUT2D eigenvalue weighted by Gasteiger charge is -2.10. The number of ether oxygens (including phenoxy) is 1. The number of hydrogen-bond acceptors (Lipinski definition) is 4. The average Bonchev–Trinajstić information content (AvgIpc) is 2.91. The third-order valence-corrected chi connectivity index (χ3v) is 3.93. The standard InChI is InChI=1S/C13H17F3N2OS/c14-13(15,16)10-3-4-12(18-8-10)20-7-5-17-9-11-2-1-6-19-11/h3-4,8,11,17H,1-2,5-7,9H2. The fourth-order valence-corrected chi connectivity index (χ4v) is 2.68. The van der Waals surface area contributed by atoms with Crippen LogP contribution in [0.2, 0.25) is 0 Å². The normalized spacial score (nSPS) is 19.4. The van der Waals surface area contributed by atoms with Crippen LogP contribution in [0.4, 0.5) is 13.2 Å². The number of pyridine rings is 1. The van der Waals surface area contributed by atoms with Crippen molar-refractivity contribution in [1.82, 2.24) is 10.3 Å². The predicted octanol–water partition coefficient (Wildman–Crippen LogP) is 2.96. The van der Waals surface area contributed by atoms with E-state index in [0.717, 1.165) is 50.6 Å². The minimum atomic E-state index is -4.32. The number of rotatable bonds is 6. The first kappa shape index (κ1) is 15.6. The number of halogens is 3. The van der Waals surface area contributed by atoms with Crippen molar-refractivity contribution >= 4 is 11.8 Å². The number of nitrogens with zero attached hydrogens (tertiary/aromatic N) is 1. The van der Waals surface area contributed by atoms with Gasteiger partial charge in [0.1, 0.15) is 0 Å². The number of nitrogens with one attached hydrogen (secondary N) is 1. The van der Waals surface area contributed by atoms with Crippen LogP contribution in [0.25, 0.3) is 0 Å². The Morgan fingerprint density at radius 1 is 1.40 bits per heavy atom. The van der Waals surface area contributed by atoms with Crippen LogP contribution in [0.15, 0.2) is 23.4 Å². The molecule has 1 aromatic rings. The first-order chi connectivity index (χ1) is 9.55. The third-order valence-electron chi connectivity index (χ3n) is 2.99. The Bertz CT molecular complexity index is 405. The molecule has 1 saturated heterocycles. The van der Waals surface area contributed by atoms with E-state index >= 15 is 0 Å². The Labute approximate surface area is 120 Å². The molecule has 0 saturated carbocycles. The topological polar surface area (TPSA) is 34.1 Å². The molecule has 7 heteroatoms. The largest absolute Gasteiger partial charge is 0.417 e. The summed E-state index contributed by atoms with van der Waals surface area (Å²) in [6.45, 7) is 2.46. The highest BCUT2D eigenvalue weighted by Gasteiger charge is 2.30. The maximum Gasteiger partial charge on any atom is 0.417 e. The molecule has 1 atom stereocenters. The molecule has 0 spiro atoms. The summed E-state index contributed by atoms with van der Waals surface area (Å²) in [4.78, 5) is 3.81. The van der Waals surface area contributed by atoms with E-state index in [2.05, 4.69) is 10.3 Å². The molecular formula is C13H17F3N2OS. The van der Waals surface area contributed by atoms with Crippen LogP contribution >= 0.6 is 11.8 Å². The van der Waals surface area contributed by atoms with Crippen LogP contribution in [0, 0.1) is 0 Å². The Kier molecular flexibility index (Phi) is 5.68. The Morgan fingerprint density at radius 3 is 2.85 bits per heavy atom. The highest BCUT2D eigenvalue weighted by molar-refractivity contribution is 7.99. The molecule has 1 aliphatic rings.